The maximum absolute atomic E-state index is 8.64. The molecule has 0 saturated carbocycles. The van der Waals surface area contributed by atoms with Gasteiger partial charge in [0.05, 0.1) is 6.07 Å². The monoisotopic (exact) mass is 228 g/mol. The maximum Gasteiger partial charge on any atom is 0.0635 e. The van der Waals surface area contributed by atoms with Gasteiger partial charge in [-0.3, -0.25) is 4.90 Å². The summed E-state index contributed by atoms with van der Waals surface area (Å²) in [5.41, 5.74) is 1.43. The van der Waals surface area contributed by atoms with Crippen molar-refractivity contribution in [1.29, 1.82) is 5.26 Å². The highest BCUT2D eigenvalue weighted by Gasteiger charge is 2.23. The fourth-order valence-corrected chi connectivity index (χ4v) is 2.69. The molecule has 0 unspecified atom stereocenters. The number of hydrogen-bond donors (Lipinski definition) is 0. The number of likely N-dealkylation sites (tertiary alicyclic amines) is 1. The van der Waals surface area contributed by atoms with E-state index in [4.69, 9.17) is 5.26 Å². The van der Waals surface area contributed by atoms with Gasteiger partial charge in [0, 0.05) is 19.0 Å². The van der Waals surface area contributed by atoms with Crippen molar-refractivity contribution >= 4 is 0 Å². The van der Waals surface area contributed by atoms with Gasteiger partial charge in [0.2, 0.25) is 0 Å². The molecule has 0 bridgehead atoms. The smallest absolute Gasteiger partial charge is 0.0635 e. The summed E-state index contributed by atoms with van der Waals surface area (Å²) in [6.07, 6.45) is 5.66. The van der Waals surface area contributed by atoms with Crippen LogP contribution in [0.4, 0.5) is 0 Å². The molecular formula is C15H20N2. The minimum Gasteiger partial charge on any atom is -0.299 e. The van der Waals surface area contributed by atoms with Gasteiger partial charge in [0.1, 0.15) is 0 Å². The first kappa shape index (κ1) is 12.1. The largest absolute Gasteiger partial charge is 0.299 e. The summed E-state index contributed by atoms with van der Waals surface area (Å²) in [5.74, 6) is 0. The Bertz CT molecular complexity index is 366. The summed E-state index contributed by atoms with van der Waals surface area (Å²) in [5, 5.41) is 8.64. The van der Waals surface area contributed by atoms with Crippen LogP contribution >= 0.6 is 0 Å². The molecule has 2 nitrogen and oxygen atoms in total. The molecule has 1 aliphatic rings. The summed E-state index contributed by atoms with van der Waals surface area (Å²) in [4.78, 5) is 2.49. The molecule has 0 N–H and O–H groups in total. The Kier molecular flexibility index (Phi) is 4.58. The van der Waals surface area contributed by atoms with Gasteiger partial charge < -0.3 is 0 Å². The van der Waals surface area contributed by atoms with Crippen LogP contribution in [0.3, 0.4) is 0 Å². The standard InChI is InChI=1S/C15H20N2/c16-11-5-13-17-12-4-8-15(17)10-9-14-6-2-1-3-7-14/h1-3,6-7,15H,4-5,8-10,12-13H2/t15-/m0/s1. The molecule has 0 aliphatic carbocycles. The van der Waals surface area contributed by atoms with Gasteiger partial charge >= 0.3 is 0 Å². The van der Waals surface area contributed by atoms with E-state index in [1.54, 1.807) is 0 Å². The van der Waals surface area contributed by atoms with Crippen LogP contribution in [0.15, 0.2) is 30.3 Å². The van der Waals surface area contributed by atoms with E-state index in [1.165, 1.54) is 31.4 Å². The minimum absolute atomic E-state index is 0.668. The van der Waals surface area contributed by atoms with Crippen molar-refractivity contribution in [2.45, 2.75) is 38.1 Å². The van der Waals surface area contributed by atoms with Crippen LogP contribution in [0, 0.1) is 11.3 Å². The predicted octanol–water partition coefficient (Wildman–Crippen LogP) is 3.00. The second-order valence-corrected chi connectivity index (χ2v) is 4.76. The van der Waals surface area contributed by atoms with Crippen molar-refractivity contribution in [2.24, 2.45) is 0 Å². The summed E-state index contributed by atoms with van der Waals surface area (Å²) in [6, 6.07) is 13.6. The zero-order valence-corrected chi connectivity index (χ0v) is 10.3. The second-order valence-electron chi connectivity index (χ2n) is 4.76. The van der Waals surface area contributed by atoms with E-state index in [0.717, 1.165) is 13.0 Å². The van der Waals surface area contributed by atoms with E-state index in [9.17, 15) is 0 Å². The van der Waals surface area contributed by atoms with Crippen molar-refractivity contribution in [3.63, 3.8) is 0 Å². The van der Waals surface area contributed by atoms with E-state index in [1.807, 2.05) is 0 Å². The summed E-state index contributed by atoms with van der Waals surface area (Å²) < 4.78 is 0. The van der Waals surface area contributed by atoms with E-state index < -0.39 is 0 Å². The lowest BCUT2D eigenvalue weighted by molar-refractivity contribution is 0.248. The highest BCUT2D eigenvalue weighted by Crippen LogP contribution is 2.21. The van der Waals surface area contributed by atoms with Gasteiger partial charge in [-0.1, -0.05) is 30.3 Å². The number of rotatable bonds is 5. The zero-order valence-electron chi connectivity index (χ0n) is 10.3. The molecule has 1 fully saturated rings. The summed E-state index contributed by atoms with van der Waals surface area (Å²) in [7, 11) is 0. The molecule has 1 saturated heterocycles. The number of hydrogen-bond acceptors (Lipinski definition) is 2. The number of benzene rings is 1. The fraction of sp³-hybridized carbons (Fsp3) is 0.533. The van der Waals surface area contributed by atoms with Crippen molar-refractivity contribution in [3.05, 3.63) is 35.9 Å². The third-order valence-electron chi connectivity index (χ3n) is 3.62. The molecule has 1 atom stereocenters. The fourth-order valence-electron chi connectivity index (χ4n) is 2.69. The Morgan fingerprint density at radius 1 is 1.29 bits per heavy atom. The third kappa shape index (κ3) is 3.57. The molecule has 90 valence electrons. The van der Waals surface area contributed by atoms with Crippen LogP contribution in [0.2, 0.25) is 0 Å². The number of nitriles is 1. The van der Waals surface area contributed by atoms with Crippen LogP contribution in [-0.2, 0) is 6.42 Å². The quantitative estimate of drug-likeness (QED) is 0.774. The van der Waals surface area contributed by atoms with Crippen molar-refractivity contribution in [3.8, 4) is 6.07 Å². The molecule has 0 aromatic heterocycles. The van der Waals surface area contributed by atoms with E-state index in [0.29, 0.717) is 12.5 Å². The van der Waals surface area contributed by atoms with E-state index >= 15 is 0 Å². The molecule has 1 aliphatic heterocycles. The molecule has 0 radical (unpaired) electrons. The minimum atomic E-state index is 0.668. The lowest BCUT2D eigenvalue weighted by Crippen LogP contribution is -2.30. The highest BCUT2D eigenvalue weighted by atomic mass is 15.2. The van der Waals surface area contributed by atoms with Gasteiger partial charge in [-0.2, -0.15) is 5.26 Å². The third-order valence-corrected chi connectivity index (χ3v) is 3.62. The Balaban J connectivity index is 1.80. The molecule has 0 spiro atoms. The molecule has 1 heterocycles. The first-order valence-corrected chi connectivity index (χ1v) is 6.55. The van der Waals surface area contributed by atoms with Crippen LogP contribution in [-0.4, -0.2) is 24.0 Å². The molecule has 0 amide bonds. The first-order valence-electron chi connectivity index (χ1n) is 6.55. The normalized spacial score (nSPS) is 20.3. The predicted molar refractivity (Wildman–Crippen MR) is 69.6 cm³/mol. The average Bonchev–Trinajstić information content (AvgIpc) is 2.82. The van der Waals surface area contributed by atoms with Crippen molar-refractivity contribution in [1.82, 2.24) is 4.90 Å². The Morgan fingerprint density at radius 2 is 2.12 bits per heavy atom. The lowest BCUT2D eigenvalue weighted by Gasteiger charge is -2.23. The van der Waals surface area contributed by atoms with E-state index in [2.05, 4.69) is 41.3 Å². The Hall–Kier alpha value is -1.33. The second kappa shape index (κ2) is 6.42. The lowest BCUT2D eigenvalue weighted by atomic mass is 10.0. The maximum atomic E-state index is 8.64. The van der Waals surface area contributed by atoms with Gasteiger partial charge in [0.15, 0.2) is 0 Å². The molecular weight excluding hydrogens is 208 g/mol. The van der Waals surface area contributed by atoms with Crippen molar-refractivity contribution < 1.29 is 0 Å². The SMILES string of the molecule is N#CCCN1CCC[C@H]1CCc1ccccc1. The van der Waals surface area contributed by atoms with Crippen LogP contribution in [0.25, 0.3) is 0 Å². The molecule has 1 aromatic carbocycles. The average molecular weight is 228 g/mol. The molecule has 1 aromatic rings. The zero-order chi connectivity index (χ0) is 11.9. The summed E-state index contributed by atoms with van der Waals surface area (Å²) >= 11 is 0. The summed E-state index contributed by atoms with van der Waals surface area (Å²) in [6.45, 7) is 2.14. The molecule has 17 heavy (non-hydrogen) atoms. The molecule has 2 rings (SSSR count). The van der Waals surface area contributed by atoms with Gasteiger partial charge in [-0.25, -0.2) is 0 Å². The van der Waals surface area contributed by atoms with E-state index in [-0.39, 0.29) is 0 Å². The molecule has 2 heteroatoms. The Morgan fingerprint density at radius 3 is 2.88 bits per heavy atom. The Labute approximate surface area is 104 Å². The first-order chi connectivity index (χ1) is 8.40. The van der Waals surface area contributed by atoms with Gasteiger partial charge in [-0.05, 0) is 37.8 Å². The number of nitrogens with zero attached hydrogens (tertiary/aromatic N) is 2. The van der Waals surface area contributed by atoms with Crippen LogP contribution in [0.1, 0.15) is 31.2 Å². The topological polar surface area (TPSA) is 27.0 Å². The van der Waals surface area contributed by atoms with Crippen LogP contribution in [0.5, 0.6) is 0 Å². The van der Waals surface area contributed by atoms with Crippen molar-refractivity contribution in [2.75, 3.05) is 13.1 Å². The van der Waals surface area contributed by atoms with Gasteiger partial charge in [-0.15, -0.1) is 0 Å². The number of aryl methyl sites for hydroxylation is 1. The van der Waals surface area contributed by atoms with Gasteiger partial charge in [0.25, 0.3) is 0 Å². The highest BCUT2D eigenvalue weighted by molar-refractivity contribution is 5.14. The van der Waals surface area contributed by atoms with Crippen LogP contribution < -0.4 is 0 Å².